The maximum Gasteiger partial charge on any atom is 0.227 e. The van der Waals surface area contributed by atoms with Crippen molar-refractivity contribution in [1.29, 1.82) is 0 Å². The molecule has 0 bridgehead atoms. The Labute approximate surface area is 107 Å². The molecule has 1 saturated heterocycles. The SMILES string of the molecule is C#CC[C@@H]1CC(=O)CN(Cc2ccccc2)C1=O. The lowest BCUT2D eigenvalue weighted by Gasteiger charge is -2.30. The van der Waals surface area contributed by atoms with E-state index in [1.807, 2.05) is 30.3 Å². The number of carbonyl (C=O) groups is 2. The van der Waals surface area contributed by atoms with Crippen molar-refractivity contribution in [2.75, 3.05) is 6.54 Å². The summed E-state index contributed by atoms with van der Waals surface area (Å²) in [7, 11) is 0. The van der Waals surface area contributed by atoms with Crippen molar-refractivity contribution < 1.29 is 9.59 Å². The fraction of sp³-hybridized carbons (Fsp3) is 0.333. The Balaban J connectivity index is 2.10. The molecule has 1 atom stereocenters. The lowest BCUT2D eigenvalue weighted by molar-refractivity contribution is -0.145. The van der Waals surface area contributed by atoms with Crippen molar-refractivity contribution in [3.05, 3.63) is 35.9 Å². The summed E-state index contributed by atoms with van der Waals surface area (Å²) >= 11 is 0. The minimum Gasteiger partial charge on any atom is -0.331 e. The summed E-state index contributed by atoms with van der Waals surface area (Å²) in [6, 6.07) is 9.66. The van der Waals surface area contributed by atoms with Gasteiger partial charge in [0.25, 0.3) is 0 Å². The van der Waals surface area contributed by atoms with Gasteiger partial charge in [-0.25, -0.2) is 0 Å². The molecule has 18 heavy (non-hydrogen) atoms. The number of nitrogens with zero attached hydrogens (tertiary/aromatic N) is 1. The summed E-state index contributed by atoms with van der Waals surface area (Å²) in [6.07, 6.45) is 5.86. The van der Waals surface area contributed by atoms with Crippen LogP contribution in [0.1, 0.15) is 18.4 Å². The van der Waals surface area contributed by atoms with Gasteiger partial charge >= 0.3 is 0 Å². The van der Waals surface area contributed by atoms with Crippen LogP contribution in [0.3, 0.4) is 0 Å². The van der Waals surface area contributed by atoms with Crippen molar-refractivity contribution in [3.63, 3.8) is 0 Å². The maximum absolute atomic E-state index is 12.1. The van der Waals surface area contributed by atoms with Gasteiger partial charge in [0.2, 0.25) is 5.91 Å². The molecule has 1 aliphatic heterocycles. The third kappa shape index (κ3) is 2.78. The Hall–Kier alpha value is -2.08. The van der Waals surface area contributed by atoms with E-state index in [2.05, 4.69) is 5.92 Å². The molecule has 0 unspecified atom stereocenters. The summed E-state index contributed by atoms with van der Waals surface area (Å²) in [5, 5.41) is 0. The summed E-state index contributed by atoms with van der Waals surface area (Å²) in [5.74, 6) is 2.23. The van der Waals surface area contributed by atoms with E-state index in [0.29, 0.717) is 13.0 Å². The smallest absolute Gasteiger partial charge is 0.227 e. The van der Waals surface area contributed by atoms with Crippen LogP contribution in [0, 0.1) is 18.3 Å². The molecule has 2 rings (SSSR count). The van der Waals surface area contributed by atoms with Crippen LogP contribution in [0.2, 0.25) is 0 Å². The van der Waals surface area contributed by atoms with Crippen molar-refractivity contribution in [2.24, 2.45) is 5.92 Å². The van der Waals surface area contributed by atoms with Gasteiger partial charge in [-0.15, -0.1) is 12.3 Å². The summed E-state index contributed by atoms with van der Waals surface area (Å²) in [4.78, 5) is 25.4. The first-order valence-electron chi connectivity index (χ1n) is 5.98. The first-order valence-corrected chi connectivity index (χ1v) is 5.98. The molecule has 1 amide bonds. The average Bonchev–Trinajstić information content (AvgIpc) is 2.36. The van der Waals surface area contributed by atoms with Crippen LogP contribution < -0.4 is 0 Å². The van der Waals surface area contributed by atoms with Crippen LogP contribution in [0.15, 0.2) is 30.3 Å². The Kier molecular flexibility index (Phi) is 3.78. The van der Waals surface area contributed by atoms with Crippen LogP contribution >= 0.6 is 0 Å². The van der Waals surface area contributed by atoms with Gasteiger partial charge in [-0.3, -0.25) is 9.59 Å². The van der Waals surface area contributed by atoms with Crippen LogP contribution in [0.25, 0.3) is 0 Å². The molecule has 3 heteroatoms. The zero-order chi connectivity index (χ0) is 13.0. The number of terminal acetylenes is 1. The van der Waals surface area contributed by atoms with Crippen molar-refractivity contribution in [2.45, 2.75) is 19.4 Å². The van der Waals surface area contributed by atoms with E-state index in [9.17, 15) is 9.59 Å². The summed E-state index contributed by atoms with van der Waals surface area (Å²) in [5.41, 5.74) is 1.03. The molecule has 1 aromatic carbocycles. The van der Waals surface area contributed by atoms with Crippen LogP contribution in [-0.2, 0) is 16.1 Å². The molecule has 1 fully saturated rings. The Morgan fingerprint density at radius 2 is 2.00 bits per heavy atom. The second-order valence-corrected chi connectivity index (χ2v) is 4.53. The highest BCUT2D eigenvalue weighted by molar-refractivity contribution is 5.94. The van der Waals surface area contributed by atoms with E-state index < -0.39 is 0 Å². The molecule has 1 aromatic rings. The molecule has 0 radical (unpaired) electrons. The molecule has 0 aliphatic carbocycles. The molecular formula is C15H15NO2. The minimum atomic E-state index is -0.333. The van der Waals surface area contributed by atoms with E-state index >= 15 is 0 Å². The van der Waals surface area contributed by atoms with Crippen molar-refractivity contribution in [3.8, 4) is 12.3 Å². The largest absolute Gasteiger partial charge is 0.331 e. The number of amides is 1. The third-order valence-corrected chi connectivity index (χ3v) is 3.08. The van der Waals surface area contributed by atoms with Gasteiger partial charge in [-0.2, -0.15) is 0 Å². The van der Waals surface area contributed by atoms with E-state index in [4.69, 9.17) is 6.42 Å². The lowest BCUT2D eigenvalue weighted by Crippen LogP contribution is -2.45. The zero-order valence-corrected chi connectivity index (χ0v) is 10.1. The number of benzene rings is 1. The number of Topliss-reactive ketones (excluding diaryl/α,β-unsaturated/α-hetero) is 1. The summed E-state index contributed by atoms with van der Waals surface area (Å²) < 4.78 is 0. The summed E-state index contributed by atoms with van der Waals surface area (Å²) in [6.45, 7) is 0.682. The number of hydrogen-bond donors (Lipinski definition) is 0. The average molecular weight is 241 g/mol. The van der Waals surface area contributed by atoms with Crippen molar-refractivity contribution in [1.82, 2.24) is 4.90 Å². The van der Waals surface area contributed by atoms with Gasteiger partial charge in [-0.1, -0.05) is 30.3 Å². The highest BCUT2D eigenvalue weighted by atomic mass is 16.2. The van der Waals surface area contributed by atoms with E-state index in [1.54, 1.807) is 4.90 Å². The van der Waals surface area contributed by atoms with Gasteiger partial charge in [-0.05, 0) is 5.56 Å². The number of carbonyl (C=O) groups excluding carboxylic acids is 2. The minimum absolute atomic E-state index is 0.00333. The molecule has 3 nitrogen and oxygen atoms in total. The van der Waals surface area contributed by atoms with Crippen LogP contribution in [0.5, 0.6) is 0 Å². The second-order valence-electron chi connectivity index (χ2n) is 4.53. The van der Waals surface area contributed by atoms with Gasteiger partial charge < -0.3 is 4.90 Å². The predicted octanol–water partition coefficient (Wildman–Crippen LogP) is 1.63. The number of piperidine rings is 1. The molecule has 0 N–H and O–H groups in total. The number of ketones is 1. The lowest BCUT2D eigenvalue weighted by atomic mass is 9.93. The molecule has 0 aromatic heterocycles. The van der Waals surface area contributed by atoms with Crippen molar-refractivity contribution >= 4 is 11.7 Å². The first kappa shape index (κ1) is 12.4. The molecule has 1 heterocycles. The fourth-order valence-electron chi connectivity index (χ4n) is 2.22. The first-order chi connectivity index (χ1) is 8.70. The number of hydrogen-bond acceptors (Lipinski definition) is 2. The molecule has 92 valence electrons. The Morgan fingerprint density at radius 3 is 2.67 bits per heavy atom. The number of likely N-dealkylation sites (tertiary alicyclic amines) is 1. The predicted molar refractivity (Wildman–Crippen MR) is 68.4 cm³/mol. The van der Waals surface area contributed by atoms with E-state index in [0.717, 1.165) is 5.56 Å². The van der Waals surface area contributed by atoms with Gasteiger partial charge in [0.1, 0.15) is 0 Å². The number of rotatable bonds is 3. The molecule has 0 saturated carbocycles. The van der Waals surface area contributed by atoms with Gasteiger partial charge in [0.15, 0.2) is 5.78 Å². The zero-order valence-electron chi connectivity index (χ0n) is 10.1. The molecular weight excluding hydrogens is 226 g/mol. The molecule has 1 aliphatic rings. The normalized spacial score (nSPS) is 19.7. The monoisotopic (exact) mass is 241 g/mol. The standard InChI is InChI=1S/C15H15NO2/c1-2-6-13-9-14(17)11-16(15(13)18)10-12-7-4-3-5-8-12/h1,3-5,7-8,13H,6,9-11H2/t13-/m1/s1. The topological polar surface area (TPSA) is 37.4 Å². The maximum atomic E-state index is 12.1. The fourth-order valence-corrected chi connectivity index (χ4v) is 2.22. The van der Waals surface area contributed by atoms with Gasteiger partial charge in [0, 0.05) is 19.4 Å². The van der Waals surface area contributed by atoms with Gasteiger partial charge in [0.05, 0.1) is 12.5 Å². The van der Waals surface area contributed by atoms with Crippen LogP contribution in [0.4, 0.5) is 0 Å². The van der Waals surface area contributed by atoms with Crippen LogP contribution in [-0.4, -0.2) is 23.1 Å². The third-order valence-electron chi connectivity index (χ3n) is 3.08. The molecule has 0 spiro atoms. The van der Waals surface area contributed by atoms with E-state index in [-0.39, 0.29) is 30.6 Å². The highest BCUT2D eigenvalue weighted by Crippen LogP contribution is 2.20. The Morgan fingerprint density at radius 1 is 1.28 bits per heavy atom. The van der Waals surface area contributed by atoms with E-state index in [1.165, 1.54) is 0 Å². The quantitative estimate of drug-likeness (QED) is 0.754. The highest BCUT2D eigenvalue weighted by Gasteiger charge is 2.32. The second kappa shape index (κ2) is 5.50. The Bertz CT molecular complexity index is 487.